The van der Waals surface area contributed by atoms with E-state index in [1.807, 2.05) is 6.33 Å². The molecule has 2 aliphatic rings. The van der Waals surface area contributed by atoms with E-state index in [0.717, 1.165) is 43.5 Å². The van der Waals surface area contributed by atoms with Gasteiger partial charge in [-0.25, -0.2) is 4.98 Å². The Morgan fingerprint density at radius 1 is 1.33 bits per heavy atom. The highest BCUT2D eigenvalue weighted by Crippen LogP contribution is 2.23. The second kappa shape index (κ2) is 5.34. The number of aryl methyl sites for hydroxylation is 2. The van der Waals surface area contributed by atoms with Crippen LogP contribution in [0, 0.1) is 6.92 Å². The van der Waals surface area contributed by atoms with Crippen molar-refractivity contribution < 1.29 is 4.42 Å². The van der Waals surface area contributed by atoms with Crippen molar-refractivity contribution in [2.45, 2.75) is 64.6 Å². The van der Waals surface area contributed by atoms with Gasteiger partial charge in [0, 0.05) is 23.8 Å². The summed E-state index contributed by atoms with van der Waals surface area (Å²) in [5.41, 5.74) is 4.00. The van der Waals surface area contributed by atoms with Gasteiger partial charge in [0.25, 0.3) is 0 Å². The maximum absolute atomic E-state index is 5.94. The second-order valence-electron chi connectivity index (χ2n) is 6.42. The Hall–Kier alpha value is -1.55. The maximum Gasteiger partial charge on any atom is 0.124 e. The van der Waals surface area contributed by atoms with Crippen molar-refractivity contribution >= 4 is 0 Å². The first kappa shape index (κ1) is 13.1. The molecule has 4 nitrogen and oxygen atoms in total. The Balaban J connectivity index is 1.48. The van der Waals surface area contributed by atoms with Crippen LogP contribution in [0.25, 0.3) is 0 Å². The average Bonchev–Trinajstić information content (AvgIpc) is 3.14. The zero-order valence-electron chi connectivity index (χ0n) is 12.7. The van der Waals surface area contributed by atoms with Crippen molar-refractivity contribution in [2.24, 2.45) is 0 Å². The summed E-state index contributed by atoms with van der Waals surface area (Å²) in [6, 6.07) is 2.95. The monoisotopic (exact) mass is 285 g/mol. The molecule has 4 heteroatoms. The van der Waals surface area contributed by atoms with Crippen molar-refractivity contribution in [1.82, 2.24) is 14.9 Å². The smallest absolute Gasteiger partial charge is 0.124 e. The molecule has 2 aromatic heterocycles. The molecule has 0 spiro atoms. The number of furan rings is 1. The van der Waals surface area contributed by atoms with Crippen LogP contribution in [0.5, 0.6) is 0 Å². The molecule has 112 valence electrons. The molecule has 0 aliphatic heterocycles. The lowest BCUT2D eigenvalue weighted by Crippen LogP contribution is -2.15. The number of fused-ring (bicyclic) bond motifs is 1. The summed E-state index contributed by atoms with van der Waals surface area (Å²) in [4.78, 5) is 4.56. The highest BCUT2D eigenvalue weighted by molar-refractivity contribution is 5.23. The molecule has 1 saturated carbocycles. The number of rotatable bonds is 5. The number of nitrogens with one attached hydrogen (secondary N) is 1. The number of hydrogen-bond acceptors (Lipinski definition) is 3. The van der Waals surface area contributed by atoms with Gasteiger partial charge in [0.1, 0.15) is 11.5 Å². The second-order valence-corrected chi connectivity index (χ2v) is 6.42. The van der Waals surface area contributed by atoms with E-state index in [4.69, 9.17) is 4.42 Å². The first-order valence-corrected chi connectivity index (χ1v) is 8.14. The third kappa shape index (κ3) is 2.77. The Morgan fingerprint density at radius 2 is 2.19 bits per heavy atom. The highest BCUT2D eigenvalue weighted by atomic mass is 16.3. The predicted octanol–water partition coefficient (Wildman–Crippen LogP) is 2.96. The first-order chi connectivity index (χ1) is 10.3. The van der Waals surface area contributed by atoms with Crippen molar-refractivity contribution in [3.63, 3.8) is 0 Å². The van der Waals surface area contributed by atoms with Gasteiger partial charge in [0.15, 0.2) is 0 Å². The van der Waals surface area contributed by atoms with Crippen molar-refractivity contribution in [2.75, 3.05) is 0 Å². The van der Waals surface area contributed by atoms with E-state index in [2.05, 4.69) is 27.9 Å². The molecule has 0 aromatic carbocycles. The van der Waals surface area contributed by atoms with Gasteiger partial charge in [0.2, 0.25) is 0 Å². The molecule has 0 saturated heterocycles. The Labute approximate surface area is 125 Å². The molecule has 2 heterocycles. The SMILES string of the molecule is Cc1oc(Cn2cnc3c2CCCC3)cc1CNC1CC1. The zero-order valence-corrected chi connectivity index (χ0v) is 12.7. The minimum Gasteiger partial charge on any atom is -0.464 e. The van der Waals surface area contributed by atoms with Crippen LogP contribution < -0.4 is 5.32 Å². The van der Waals surface area contributed by atoms with E-state index in [9.17, 15) is 0 Å². The highest BCUT2D eigenvalue weighted by Gasteiger charge is 2.21. The lowest BCUT2D eigenvalue weighted by Gasteiger charge is -2.13. The minimum atomic E-state index is 0.739. The normalized spacial score (nSPS) is 18.0. The molecule has 0 radical (unpaired) electrons. The number of aromatic nitrogens is 2. The lowest BCUT2D eigenvalue weighted by atomic mass is 10.0. The molecule has 2 aromatic rings. The number of hydrogen-bond donors (Lipinski definition) is 1. The summed E-state index contributed by atoms with van der Waals surface area (Å²) in [6.45, 7) is 3.81. The lowest BCUT2D eigenvalue weighted by molar-refractivity contribution is 0.461. The van der Waals surface area contributed by atoms with Crippen LogP contribution in [-0.4, -0.2) is 15.6 Å². The summed E-state index contributed by atoms with van der Waals surface area (Å²) in [5, 5.41) is 3.56. The maximum atomic E-state index is 5.94. The van der Waals surface area contributed by atoms with E-state index in [1.54, 1.807) is 0 Å². The minimum absolute atomic E-state index is 0.739. The Kier molecular flexibility index (Phi) is 3.34. The zero-order chi connectivity index (χ0) is 14.2. The van der Waals surface area contributed by atoms with E-state index >= 15 is 0 Å². The van der Waals surface area contributed by atoms with Crippen molar-refractivity contribution in [3.05, 3.63) is 40.9 Å². The first-order valence-electron chi connectivity index (χ1n) is 8.14. The molecule has 2 aliphatic carbocycles. The molecule has 4 rings (SSSR count). The van der Waals surface area contributed by atoms with Crippen LogP contribution in [-0.2, 0) is 25.9 Å². The summed E-state index contributed by atoms with van der Waals surface area (Å²) in [6.07, 6.45) is 9.49. The van der Waals surface area contributed by atoms with Crippen molar-refractivity contribution in [1.29, 1.82) is 0 Å². The standard InChI is InChI=1S/C17H23N3O/c1-12-13(9-18-14-6-7-14)8-15(21-12)10-20-11-19-16-4-2-3-5-17(16)20/h8,11,14,18H,2-7,9-10H2,1H3. The third-order valence-electron chi connectivity index (χ3n) is 4.67. The Morgan fingerprint density at radius 3 is 3.05 bits per heavy atom. The number of imidazole rings is 1. The van der Waals surface area contributed by atoms with Gasteiger partial charge in [-0.1, -0.05) is 0 Å². The molecule has 0 bridgehead atoms. The quantitative estimate of drug-likeness (QED) is 0.918. The van der Waals surface area contributed by atoms with Crippen LogP contribution in [0.3, 0.4) is 0 Å². The van der Waals surface area contributed by atoms with Gasteiger partial charge in [-0.15, -0.1) is 0 Å². The van der Waals surface area contributed by atoms with Gasteiger partial charge < -0.3 is 14.3 Å². The molecule has 0 atom stereocenters. The molecular weight excluding hydrogens is 262 g/mol. The van der Waals surface area contributed by atoms with Crippen LogP contribution in [0.4, 0.5) is 0 Å². The van der Waals surface area contributed by atoms with Gasteiger partial charge in [-0.3, -0.25) is 0 Å². The number of nitrogens with zero attached hydrogens (tertiary/aromatic N) is 2. The Bertz CT molecular complexity index is 637. The van der Waals surface area contributed by atoms with E-state index < -0.39 is 0 Å². The largest absolute Gasteiger partial charge is 0.464 e. The summed E-state index contributed by atoms with van der Waals surface area (Å²) < 4.78 is 8.21. The average molecular weight is 285 g/mol. The van der Waals surface area contributed by atoms with E-state index in [1.165, 1.54) is 42.6 Å². The summed E-state index contributed by atoms with van der Waals surface area (Å²) >= 11 is 0. The van der Waals surface area contributed by atoms with Crippen LogP contribution in [0.2, 0.25) is 0 Å². The van der Waals surface area contributed by atoms with E-state index in [0.29, 0.717) is 0 Å². The van der Waals surface area contributed by atoms with Gasteiger partial charge in [-0.05, 0) is 51.5 Å². The van der Waals surface area contributed by atoms with Crippen LogP contribution in [0.1, 0.15) is 54.2 Å². The molecular formula is C17H23N3O. The van der Waals surface area contributed by atoms with Gasteiger partial charge in [0.05, 0.1) is 18.6 Å². The van der Waals surface area contributed by atoms with Crippen LogP contribution in [0.15, 0.2) is 16.8 Å². The van der Waals surface area contributed by atoms with Crippen molar-refractivity contribution in [3.8, 4) is 0 Å². The van der Waals surface area contributed by atoms with Gasteiger partial charge in [-0.2, -0.15) is 0 Å². The fraction of sp³-hybridized carbons (Fsp3) is 0.588. The molecule has 0 amide bonds. The third-order valence-corrected chi connectivity index (χ3v) is 4.67. The summed E-state index contributed by atoms with van der Waals surface area (Å²) in [7, 11) is 0. The summed E-state index contributed by atoms with van der Waals surface area (Å²) in [5.74, 6) is 2.10. The molecule has 21 heavy (non-hydrogen) atoms. The fourth-order valence-corrected chi connectivity index (χ4v) is 3.22. The van der Waals surface area contributed by atoms with Gasteiger partial charge >= 0.3 is 0 Å². The molecule has 1 fully saturated rings. The molecule has 0 unspecified atom stereocenters. The predicted molar refractivity (Wildman–Crippen MR) is 81.3 cm³/mol. The van der Waals surface area contributed by atoms with E-state index in [-0.39, 0.29) is 0 Å². The molecule has 1 N–H and O–H groups in total. The van der Waals surface area contributed by atoms with Crippen LogP contribution >= 0.6 is 0 Å². The topological polar surface area (TPSA) is 43.0 Å². The fourth-order valence-electron chi connectivity index (χ4n) is 3.22.